The van der Waals surface area contributed by atoms with E-state index in [1.54, 1.807) is 6.07 Å². The molecule has 0 heterocycles. The van der Waals surface area contributed by atoms with Crippen molar-refractivity contribution in [2.75, 3.05) is 0 Å². The van der Waals surface area contributed by atoms with Crippen molar-refractivity contribution in [1.29, 1.82) is 0 Å². The van der Waals surface area contributed by atoms with Crippen LogP contribution in [0.3, 0.4) is 0 Å². The first-order chi connectivity index (χ1) is 9.93. The fraction of sp³-hybridized carbons (Fsp3) is 0.562. The third-order valence-corrected chi connectivity index (χ3v) is 4.89. The van der Waals surface area contributed by atoms with Gasteiger partial charge in [0.05, 0.1) is 16.1 Å². The van der Waals surface area contributed by atoms with Gasteiger partial charge in [0.25, 0.3) is 0 Å². The number of hydrogen-bond acceptors (Lipinski definition) is 2. The number of halogens is 2. The molecule has 0 spiro atoms. The molecule has 0 radical (unpaired) electrons. The Labute approximate surface area is 136 Å². The molecule has 2 atom stereocenters. The zero-order valence-corrected chi connectivity index (χ0v) is 14.0. The van der Waals surface area contributed by atoms with Crippen molar-refractivity contribution in [3.05, 3.63) is 33.8 Å². The Kier molecular flexibility index (Phi) is 5.53. The average molecular weight is 329 g/mol. The number of nitrogens with two attached hydrogens (primary N) is 1. The van der Waals surface area contributed by atoms with E-state index in [0.29, 0.717) is 22.6 Å². The predicted molar refractivity (Wildman–Crippen MR) is 87.5 cm³/mol. The largest absolute Gasteiger partial charge is 0.334 e. The Morgan fingerprint density at radius 3 is 2.57 bits per heavy atom. The van der Waals surface area contributed by atoms with Gasteiger partial charge in [0.1, 0.15) is 0 Å². The number of carbonyl (C=O) groups excluding carboxylic acids is 1. The summed E-state index contributed by atoms with van der Waals surface area (Å²) in [5.41, 5.74) is 7.09. The van der Waals surface area contributed by atoms with E-state index in [1.807, 2.05) is 24.0 Å². The summed E-state index contributed by atoms with van der Waals surface area (Å²) in [5, 5.41) is 1.05. The topological polar surface area (TPSA) is 46.3 Å². The monoisotopic (exact) mass is 328 g/mol. The van der Waals surface area contributed by atoms with Crippen molar-refractivity contribution >= 4 is 29.1 Å². The van der Waals surface area contributed by atoms with Crippen LogP contribution in [0.1, 0.15) is 38.7 Å². The molecule has 5 heteroatoms. The van der Waals surface area contributed by atoms with Crippen LogP contribution >= 0.6 is 23.2 Å². The van der Waals surface area contributed by atoms with Crippen LogP contribution in [0.15, 0.2) is 18.2 Å². The van der Waals surface area contributed by atoms with Crippen molar-refractivity contribution in [2.45, 2.75) is 51.7 Å². The maximum atomic E-state index is 12.6. The molecule has 0 bridgehead atoms. The van der Waals surface area contributed by atoms with E-state index < -0.39 is 6.04 Å². The molecule has 1 fully saturated rings. The first-order valence-corrected chi connectivity index (χ1v) is 8.19. The number of carbonyl (C=O) groups is 1. The molecule has 0 saturated heterocycles. The summed E-state index contributed by atoms with van der Waals surface area (Å²) in [7, 11) is 0. The second-order valence-electron chi connectivity index (χ2n) is 5.86. The van der Waals surface area contributed by atoms with Crippen LogP contribution in [0.4, 0.5) is 0 Å². The first kappa shape index (κ1) is 16.6. The Bertz CT molecular complexity index is 517. The van der Waals surface area contributed by atoms with Gasteiger partial charge in [-0.05, 0) is 36.5 Å². The molecule has 2 N–H and O–H groups in total. The van der Waals surface area contributed by atoms with Crippen molar-refractivity contribution in [3.63, 3.8) is 0 Å². The third kappa shape index (κ3) is 4.12. The maximum Gasteiger partial charge on any atom is 0.240 e. The zero-order valence-electron chi connectivity index (χ0n) is 12.5. The highest BCUT2D eigenvalue weighted by Crippen LogP contribution is 2.31. The second kappa shape index (κ2) is 6.99. The van der Waals surface area contributed by atoms with Crippen molar-refractivity contribution < 1.29 is 4.79 Å². The fourth-order valence-corrected chi connectivity index (χ4v) is 2.62. The lowest BCUT2D eigenvalue weighted by Crippen LogP contribution is -2.47. The van der Waals surface area contributed by atoms with Crippen molar-refractivity contribution in [3.8, 4) is 0 Å². The van der Waals surface area contributed by atoms with Crippen molar-refractivity contribution in [2.24, 2.45) is 11.7 Å². The highest BCUT2D eigenvalue weighted by Gasteiger charge is 2.35. The van der Waals surface area contributed by atoms with E-state index >= 15 is 0 Å². The fourth-order valence-electron chi connectivity index (χ4n) is 2.30. The Hall–Kier alpha value is -0.770. The first-order valence-electron chi connectivity index (χ1n) is 7.44. The van der Waals surface area contributed by atoms with Crippen LogP contribution in [0.2, 0.25) is 10.0 Å². The Balaban J connectivity index is 2.12. The lowest BCUT2D eigenvalue weighted by atomic mass is 9.98. The highest BCUT2D eigenvalue weighted by molar-refractivity contribution is 6.42. The number of hydrogen-bond donors (Lipinski definition) is 1. The smallest absolute Gasteiger partial charge is 0.240 e. The van der Waals surface area contributed by atoms with Gasteiger partial charge < -0.3 is 10.6 Å². The molecule has 116 valence electrons. The van der Waals surface area contributed by atoms with E-state index in [2.05, 4.69) is 6.92 Å². The molecule has 0 aliphatic heterocycles. The van der Waals surface area contributed by atoms with Gasteiger partial charge >= 0.3 is 0 Å². The van der Waals surface area contributed by atoms with Gasteiger partial charge in [0.2, 0.25) is 5.91 Å². The SMILES string of the molecule is CC[C@H](C)[C@H](N)C(=O)N(Cc1ccc(Cl)c(Cl)c1)C1CC1. The molecule has 21 heavy (non-hydrogen) atoms. The average Bonchev–Trinajstić information content (AvgIpc) is 3.30. The lowest BCUT2D eigenvalue weighted by molar-refractivity contribution is -0.135. The summed E-state index contributed by atoms with van der Waals surface area (Å²) >= 11 is 12.0. The van der Waals surface area contributed by atoms with Gasteiger partial charge in [-0.2, -0.15) is 0 Å². The standard InChI is InChI=1S/C16H22Cl2N2O/c1-3-10(2)15(19)16(21)20(12-5-6-12)9-11-4-7-13(17)14(18)8-11/h4,7-8,10,12,15H,3,5-6,9,19H2,1-2H3/t10-,15-/m0/s1. The minimum Gasteiger partial charge on any atom is -0.334 e. The van der Waals surface area contributed by atoms with Crippen LogP contribution in [-0.2, 0) is 11.3 Å². The number of rotatable bonds is 6. The van der Waals surface area contributed by atoms with Gasteiger partial charge in [-0.3, -0.25) is 4.79 Å². The van der Waals surface area contributed by atoms with E-state index in [4.69, 9.17) is 28.9 Å². The van der Waals surface area contributed by atoms with Crippen molar-refractivity contribution in [1.82, 2.24) is 4.90 Å². The van der Waals surface area contributed by atoms with Gasteiger partial charge in [-0.25, -0.2) is 0 Å². The van der Waals surface area contributed by atoms with Gasteiger partial charge in [0, 0.05) is 12.6 Å². The summed E-state index contributed by atoms with van der Waals surface area (Å²) in [5.74, 6) is 0.227. The van der Waals surface area contributed by atoms with Crippen LogP contribution in [-0.4, -0.2) is 22.9 Å². The zero-order chi connectivity index (χ0) is 15.6. The number of amides is 1. The quantitative estimate of drug-likeness (QED) is 0.861. The summed E-state index contributed by atoms with van der Waals surface area (Å²) in [4.78, 5) is 14.5. The molecule has 1 amide bonds. The number of nitrogens with zero attached hydrogens (tertiary/aromatic N) is 1. The second-order valence-corrected chi connectivity index (χ2v) is 6.67. The summed E-state index contributed by atoms with van der Waals surface area (Å²) in [6.07, 6.45) is 3.01. The molecule has 1 saturated carbocycles. The molecule has 3 nitrogen and oxygen atoms in total. The third-order valence-electron chi connectivity index (χ3n) is 4.15. The lowest BCUT2D eigenvalue weighted by Gasteiger charge is -2.28. The molecule has 0 unspecified atom stereocenters. The van der Waals surface area contributed by atoms with E-state index in [0.717, 1.165) is 24.8 Å². The van der Waals surface area contributed by atoms with Crippen LogP contribution < -0.4 is 5.73 Å². The van der Waals surface area contributed by atoms with E-state index in [1.165, 1.54) is 0 Å². The van der Waals surface area contributed by atoms with E-state index in [9.17, 15) is 4.79 Å². The summed E-state index contributed by atoms with van der Waals surface area (Å²) in [6.45, 7) is 4.62. The minimum absolute atomic E-state index is 0.0397. The normalized spacial score (nSPS) is 17.4. The maximum absolute atomic E-state index is 12.6. The highest BCUT2D eigenvalue weighted by atomic mass is 35.5. The molecule has 1 aromatic carbocycles. The molecule has 1 aliphatic rings. The molecule has 2 rings (SSSR count). The Morgan fingerprint density at radius 1 is 1.38 bits per heavy atom. The number of benzene rings is 1. The van der Waals surface area contributed by atoms with E-state index in [-0.39, 0.29) is 11.8 Å². The molecule has 1 aliphatic carbocycles. The van der Waals surface area contributed by atoms with Crippen LogP contribution in [0.25, 0.3) is 0 Å². The molecular weight excluding hydrogens is 307 g/mol. The van der Waals surface area contributed by atoms with Gasteiger partial charge in [-0.1, -0.05) is 49.5 Å². The predicted octanol–water partition coefficient (Wildman–Crippen LogP) is 3.86. The Morgan fingerprint density at radius 2 is 2.05 bits per heavy atom. The molecule has 0 aromatic heterocycles. The van der Waals surface area contributed by atoms with Gasteiger partial charge in [0.15, 0.2) is 0 Å². The van der Waals surface area contributed by atoms with Crippen LogP contribution in [0, 0.1) is 5.92 Å². The minimum atomic E-state index is -0.432. The molecular formula is C16H22Cl2N2O. The molecule has 1 aromatic rings. The summed E-state index contributed by atoms with van der Waals surface area (Å²) < 4.78 is 0. The van der Waals surface area contributed by atoms with Crippen LogP contribution in [0.5, 0.6) is 0 Å². The summed E-state index contributed by atoms with van der Waals surface area (Å²) in [6, 6.07) is 5.39. The van der Waals surface area contributed by atoms with Gasteiger partial charge in [-0.15, -0.1) is 0 Å².